The second-order valence-electron chi connectivity index (χ2n) is 12.0. The third-order valence-corrected chi connectivity index (χ3v) is 8.47. The Bertz CT molecular complexity index is 1680. The van der Waals surface area contributed by atoms with Crippen LogP contribution in [0.3, 0.4) is 0 Å². The first-order valence-corrected chi connectivity index (χ1v) is 15.8. The van der Waals surface area contributed by atoms with Crippen molar-refractivity contribution in [1.82, 2.24) is 34.9 Å². The van der Waals surface area contributed by atoms with Crippen LogP contribution >= 0.6 is 0 Å². The molecule has 11 nitrogen and oxygen atoms in total. The van der Waals surface area contributed by atoms with Crippen LogP contribution in [0.25, 0.3) is 22.3 Å². The quantitative estimate of drug-likeness (QED) is 0.0931. The van der Waals surface area contributed by atoms with Crippen LogP contribution in [0.4, 0.5) is 20.5 Å². The summed E-state index contributed by atoms with van der Waals surface area (Å²) in [7, 11) is 0. The molecule has 0 bridgehead atoms. The number of aromatic nitrogens is 5. The molecule has 1 aliphatic rings. The number of hydroxylamine groups is 1. The van der Waals surface area contributed by atoms with Gasteiger partial charge in [0, 0.05) is 43.7 Å². The number of fused-ring (bicyclic) bond motifs is 1. The molecule has 0 aliphatic carbocycles. The van der Waals surface area contributed by atoms with Crippen LogP contribution in [-0.2, 0) is 9.59 Å². The Labute approximate surface area is 266 Å². The van der Waals surface area contributed by atoms with Crippen molar-refractivity contribution in [3.05, 3.63) is 59.7 Å². The minimum atomic E-state index is -0.672. The lowest BCUT2D eigenvalue weighted by molar-refractivity contribution is -0.132. The number of pyridine rings is 1. The van der Waals surface area contributed by atoms with Crippen LogP contribution in [0.5, 0.6) is 0 Å². The summed E-state index contributed by atoms with van der Waals surface area (Å²) in [6.07, 6.45) is 8.52. The molecule has 1 fully saturated rings. The Hall–Kier alpha value is -4.52. The zero-order chi connectivity index (χ0) is 32.8. The smallest absolute Gasteiger partial charge is 0.243 e. The fraction of sp³-hybridized carbons (Fsp3) is 0.455. The summed E-state index contributed by atoms with van der Waals surface area (Å²) >= 11 is 0. The Morgan fingerprint density at radius 3 is 2.39 bits per heavy atom. The minimum Gasteiger partial charge on any atom is -0.343 e. The molecule has 3 N–H and O–H groups in total. The summed E-state index contributed by atoms with van der Waals surface area (Å²) < 4.78 is 31.9. The zero-order valence-corrected chi connectivity index (χ0v) is 26.4. The molecule has 4 aromatic rings. The molecule has 1 saturated heterocycles. The molecule has 1 aliphatic heterocycles. The SMILES string of the molecule is Cc1nc2c(F)cc(-c3nc(Nc4ccc(C5CCN(C(=O)CCCCCCC(=O)NO)CC5)cn4)ncc3F)cc2n1C(C)C. The van der Waals surface area contributed by atoms with E-state index < -0.39 is 11.6 Å². The van der Waals surface area contributed by atoms with Gasteiger partial charge in [-0.1, -0.05) is 18.9 Å². The van der Waals surface area contributed by atoms with E-state index >= 15 is 4.39 Å². The fourth-order valence-corrected chi connectivity index (χ4v) is 6.11. The molecule has 13 heteroatoms. The maximum Gasteiger partial charge on any atom is 0.243 e. The number of anilines is 2. The summed E-state index contributed by atoms with van der Waals surface area (Å²) in [4.78, 5) is 42.9. The van der Waals surface area contributed by atoms with Crippen molar-refractivity contribution in [3.8, 4) is 11.3 Å². The lowest BCUT2D eigenvalue weighted by atomic mass is 9.90. The number of imidazole rings is 1. The van der Waals surface area contributed by atoms with E-state index in [1.54, 1.807) is 17.7 Å². The van der Waals surface area contributed by atoms with Gasteiger partial charge in [0.25, 0.3) is 0 Å². The number of hydrogen-bond donors (Lipinski definition) is 3. The number of piperidine rings is 1. The molecule has 4 heterocycles. The Balaban J connectivity index is 1.16. The predicted molar refractivity (Wildman–Crippen MR) is 170 cm³/mol. The molecule has 3 aromatic heterocycles. The lowest BCUT2D eigenvalue weighted by Gasteiger charge is -2.32. The third kappa shape index (κ3) is 7.64. The van der Waals surface area contributed by atoms with E-state index in [1.165, 1.54) is 6.07 Å². The van der Waals surface area contributed by atoms with Crippen LogP contribution in [0, 0.1) is 18.6 Å². The van der Waals surface area contributed by atoms with Gasteiger partial charge >= 0.3 is 0 Å². The predicted octanol–water partition coefficient (Wildman–Crippen LogP) is 6.35. The molecule has 0 saturated carbocycles. The van der Waals surface area contributed by atoms with Gasteiger partial charge in [-0.15, -0.1) is 0 Å². The first-order chi connectivity index (χ1) is 22.1. The highest BCUT2D eigenvalue weighted by Crippen LogP contribution is 2.31. The topological polar surface area (TPSA) is 138 Å². The molecule has 0 spiro atoms. The van der Waals surface area contributed by atoms with Gasteiger partial charge in [0.05, 0.1) is 11.7 Å². The second-order valence-corrected chi connectivity index (χ2v) is 12.0. The van der Waals surface area contributed by atoms with Crippen molar-refractivity contribution in [2.24, 2.45) is 0 Å². The number of nitrogens with zero attached hydrogens (tertiary/aromatic N) is 6. The van der Waals surface area contributed by atoms with Gasteiger partial charge in [-0.3, -0.25) is 14.8 Å². The summed E-state index contributed by atoms with van der Waals surface area (Å²) in [5.74, 6) is 0.131. The van der Waals surface area contributed by atoms with E-state index in [9.17, 15) is 14.0 Å². The third-order valence-electron chi connectivity index (χ3n) is 8.47. The van der Waals surface area contributed by atoms with Crippen LogP contribution in [0.15, 0.2) is 36.7 Å². The number of rotatable bonds is 12. The Kier molecular flexibility index (Phi) is 10.5. The fourth-order valence-electron chi connectivity index (χ4n) is 6.11. The number of likely N-dealkylation sites (tertiary alicyclic amines) is 1. The number of benzene rings is 1. The van der Waals surface area contributed by atoms with Crippen molar-refractivity contribution in [2.45, 2.75) is 84.1 Å². The standard InChI is InChI=1S/C33H40F2N8O3/c1-20(2)43-21(3)38-32-25(34)16-24(17-27(32)43)31-26(35)19-37-33(40-31)39-28-11-10-23(18-36-28)22-12-14-42(15-13-22)30(45)9-7-5-4-6-8-29(44)41-46/h10-11,16-20,22,46H,4-9,12-15H2,1-3H3,(H,41,44)(H,36,37,39,40). The average molecular weight is 635 g/mol. The summed E-state index contributed by atoms with van der Waals surface area (Å²) in [6, 6.07) is 6.78. The van der Waals surface area contributed by atoms with Crippen molar-refractivity contribution >= 4 is 34.6 Å². The molecular formula is C33H40F2N8O3. The van der Waals surface area contributed by atoms with Crippen LogP contribution < -0.4 is 10.8 Å². The normalized spacial score (nSPS) is 13.8. The van der Waals surface area contributed by atoms with Gasteiger partial charge in [0.1, 0.15) is 22.9 Å². The van der Waals surface area contributed by atoms with E-state index in [-0.39, 0.29) is 52.9 Å². The summed E-state index contributed by atoms with van der Waals surface area (Å²) in [6.45, 7) is 7.15. The highest BCUT2D eigenvalue weighted by Gasteiger charge is 2.24. The first kappa shape index (κ1) is 32.9. The van der Waals surface area contributed by atoms with E-state index in [2.05, 4.69) is 25.3 Å². The number of carbonyl (C=O) groups excluding carboxylic acids is 2. The number of halogens is 2. The number of carbonyl (C=O) groups is 2. The van der Waals surface area contributed by atoms with Crippen molar-refractivity contribution in [3.63, 3.8) is 0 Å². The minimum absolute atomic E-state index is 0.0301. The van der Waals surface area contributed by atoms with Crippen LogP contribution in [-0.4, -0.2) is 59.5 Å². The van der Waals surface area contributed by atoms with Gasteiger partial charge in [0.2, 0.25) is 17.8 Å². The van der Waals surface area contributed by atoms with Gasteiger partial charge < -0.3 is 14.8 Å². The van der Waals surface area contributed by atoms with E-state index in [0.717, 1.165) is 43.9 Å². The summed E-state index contributed by atoms with van der Waals surface area (Å²) in [5.41, 5.74) is 3.77. The monoisotopic (exact) mass is 634 g/mol. The molecule has 46 heavy (non-hydrogen) atoms. The maximum absolute atomic E-state index is 15.0. The molecule has 0 radical (unpaired) electrons. The Morgan fingerprint density at radius 2 is 1.72 bits per heavy atom. The molecule has 2 amide bonds. The van der Waals surface area contributed by atoms with E-state index in [4.69, 9.17) is 5.21 Å². The van der Waals surface area contributed by atoms with Gasteiger partial charge in [0.15, 0.2) is 11.6 Å². The van der Waals surface area contributed by atoms with Gasteiger partial charge in [-0.05, 0) is 76.1 Å². The molecule has 0 unspecified atom stereocenters. The number of aryl methyl sites for hydroxylation is 1. The zero-order valence-electron chi connectivity index (χ0n) is 26.4. The van der Waals surface area contributed by atoms with E-state index in [1.807, 2.05) is 42.4 Å². The average Bonchev–Trinajstić information content (AvgIpc) is 3.40. The highest BCUT2D eigenvalue weighted by molar-refractivity contribution is 5.83. The largest absolute Gasteiger partial charge is 0.343 e. The lowest BCUT2D eigenvalue weighted by Crippen LogP contribution is -2.37. The van der Waals surface area contributed by atoms with Crippen molar-refractivity contribution in [2.75, 3.05) is 18.4 Å². The molecule has 244 valence electrons. The highest BCUT2D eigenvalue weighted by atomic mass is 19.1. The van der Waals surface area contributed by atoms with Gasteiger partial charge in [-0.25, -0.2) is 34.2 Å². The van der Waals surface area contributed by atoms with Crippen LogP contribution in [0.2, 0.25) is 0 Å². The van der Waals surface area contributed by atoms with Crippen LogP contribution in [0.1, 0.15) is 88.6 Å². The van der Waals surface area contributed by atoms with E-state index in [0.29, 0.717) is 43.1 Å². The van der Waals surface area contributed by atoms with Gasteiger partial charge in [-0.2, -0.15) is 0 Å². The molecular weight excluding hydrogens is 594 g/mol. The second kappa shape index (κ2) is 14.7. The number of hydrogen-bond acceptors (Lipinski definition) is 8. The number of amides is 2. The molecule has 5 rings (SSSR count). The number of unbranched alkanes of at least 4 members (excludes halogenated alkanes) is 3. The van der Waals surface area contributed by atoms with Crippen molar-refractivity contribution < 1.29 is 23.6 Å². The molecule has 1 aromatic carbocycles. The Morgan fingerprint density at radius 1 is 0.978 bits per heavy atom. The first-order valence-electron chi connectivity index (χ1n) is 15.8. The maximum atomic E-state index is 15.0. The van der Waals surface area contributed by atoms with Crippen molar-refractivity contribution in [1.29, 1.82) is 0 Å². The molecule has 0 atom stereocenters. The number of nitrogens with one attached hydrogen (secondary N) is 2. The summed E-state index contributed by atoms with van der Waals surface area (Å²) in [5, 5.41) is 11.6.